The SMILES string of the molecule is COc1c(Cl)cc(C(=O)Nc2ccc(S(=O)(=O)Nc3nccc(C)n3)cc2)cc1Cl. The van der Waals surface area contributed by atoms with Crippen molar-refractivity contribution >= 4 is 50.8 Å². The van der Waals surface area contributed by atoms with Gasteiger partial charge in [0.25, 0.3) is 15.9 Å². The van der Waals surface area contributed by atoms with Gasteiger partial charge in [-0.1, -0.05) is 23.2 Å². The van der Waals surface area contributed by atoms with Crippen LogP contribution >= 0.6 is 23.2 Å². The summed E-state index contributed by atoms with van der Waals surface area (Å²) >= 11 is 12.1. The lowest BCUT2D eigenvalue weighted by atomic mass is 10.2. The minimum Gasteiger partial charge on any atom is -0.494 e. The molecule has 0 aliphatic carbocycles. The van der Waals surface area contributed by atoms with E-state index in [0.717, 1.165) is 0 Å². The van der Waals surface area contributed by atoms with Crippen LogP contribution in [0.25, 0.3) is 0 Å². The van der Waals surface area contributed by atoms with E-state index in [9.17, 15) is 13.2 Å². The van der Waals surface area contributed by atoms with Gasteiger partial charge < -0.3 is 10.1 Å². The minimum atomic E-state index is -3.88. The van der Waals surface area contributed by atoms with Crippen molar-refractivity contribution in [3.8, 4) is 5.75 Å². The molecule has 3 aromatic rings. The number of nitrogens with zero attached hydrogens (tertiary/aromatic N) is 2. The molecule has 0 unspecified atom stereocenters. The van der Waals surface area contributed by atoms with Gasteiger partial charge in [0.05, 0.1) is 22.1 Å². The number of methoxy groups -OCH3 is 1. The van der Waals surface area contributed by atoms with E-state index in [2.05, 4.69) is 20.0 Å². The Bertz CT molecular complexity index is 1180. The highest BCUT2D eigenvalue weighted by atomic mass is 35.5. The summed E-state index contributed by atoms with van der Waals surface area (Å²) in [6.45, 7) is 1.72. The quantitative estimate of drug-likeness (QED) is 0.564. The zero-order valence-corrected chi connectivity index (χ0v) is 18.1. The molecule has 1 heterocycles. The normalized spacial score (nSPS) is 11.1. The summed E-state index contributed by atoms with van der Waals surface area (Å²) in [7, 11) is -2.46. The first-order valence-electron chi connectivity index (χ1n) is 8.46. The molecule has 0 saturated heterocycles. The van der Waals surface area contributed by atoms with Gasteiger partial charge in [0, 0.05) is 23.1 Å². The number of ether oxygens (including phenoxy) is 1. The van der Waals surface area contributed by atoms with Gasteiger partial charge in [-0.15, -0.1) is 0 Å². The predicted molar refractivity (Wildman–Crippen MR) is 115 cm³/mol. The highest BCUT2D eigenvalue weighted by Gasteiger charge is 2.17. The Labute approximate surface area is 183 Å². The third kappa shape index (κ3) is 4.99. The second-order valence-corrected chi connectivity index (χ2v) is 8.58. The summed E-state index contributed by atoms with van der Waals surface area (Å²) in [5.74, 6) is -0.224. The van der Waals surface area contributed by atoms with E-state index < -0.39 is 15.9 Å². The van der Waals surface area contributed by atoms with Gasteiger partial charge in [-0.2, -0.15) is 0 Å². The maximum Gasteiger partial charge on any atom is 0.264 e. The van der Waals surface area contributed by atoms with Gasteiger partial charge in [0.2, 0.25) is 5.95 Å². The van der Waals surface area contributed by atoms with Crippen LogP contribution in [0.15, 0.2) is 53.6 Å². The van der Waals surface area contributed by atoms with Gasteiger partial charge in [-0.25, -0.2) is 23.1 Å². The zero-order valence-electron chi connectivity index (χ0n) is 15.8. The molecule has 2 N–H and O–H groups in total. The molecule has 0 radical (unpaired) electrons. The molecule has 1 aromatic heterocycles. The molecule has 0 fully saturated rings. The lowest BCUT2D eigenvalue weighted by Gasteiger charge is -2.10. The third-order valence-corrected chi connectivity index (χ3v) is 5.81. The number of hydrogen-bond donors (Lipinski definition) is 2. The fraction of sp³-hybridized carbons (Fsp3) is 0.105. The topological polar surface area (TPSA) is 110 Å². The average Bonchev–Trinajstić information content (AvgIpc) is 2.68. The van der Waals surface area contributed by atoms with Crippen molar-refractivity contribution in [1.82, 2.24) is 9.97 Å². The third-order valence-electron chi connectivity index (χ3n) is 3.91. The first-order valence-corrected chi connectivity index (χ1v) is 10.7. The Kier molecular flexibility index (Phi) is 6.45. The molecule has 0 bridgehead atoms. The number of nitrogens with one attached hydrogen (secondary N) is 2. The van der Waals surface area contributed by atoms with Crippen molar-refractivity contribution in [3.05, 3.63) is 70.0 Å². The molecule has 3 rings (SSSR count). The Morgan fingerprint density at radius 3 is 2.27 bits per heavy atom. The molecular formula is C19H16Cl2N4O4S. The number of aromatic nitrogens is 2. The number of carbonyl (C=O) groups is 1. The van der Waals surface area contributed by atoms with Crippen molar-refractivity contribution in [2.45, 2.75) is 11.8 Å². The predicted octanol–water partition coefficient (Wildman–Crippen LogP) is 4.15. The zero-order chi connectivity index (χ0) is 21.9. The summed E-state index contributed by atoms with van der Waals surface area (Å²) < 4.78 is 32.3. The standard InChI is InChI=1S/C19H16Cl2N4O4S/c1-11-7-8-22-19(23-11)25-30(27,28)14-5-3-13(4-6-14)24-18(26)12-9-15(20)17(29-2)16(21)10-12/h3-10H,1-2H3,(H,24,26)(H,22,23,25). The van der Waals surface area contributed by atoms with Gasteiger partial charge in [0.1, 0.15) is 0 Å². The number of halogens is 2. The van der Waals surface area contributed by atoms with Crippen molar-refractivity contribution in [1.29, 1.82) is 0 Å². The smallest absolute Gasteiger partial charge is 0.264 e. The number of hydrogen-bond acceptors (Lipinski definition) is 6. The summed E-state index contributed by atoms with van der Waals surface area (Å²) in [5, 5.41) is 3.04. The summed E-state index contributed by atoms with van der Waals surface area (Å²) in [5.41, 5.74) is 1.23. The lowest BCUT2D eigenvalue weighted by molar-refractivity contribution is 0.102. The summed E-state index contributed by atoms with van der Waals surface area (Å²) in [6.07, 6.45) is 1.45. The molecular weight excluding hydrogens is 451 g/mol. The second kappa shape index (κ2) is 8.86. The number of benzene rings is 2. The van der Waals surface area contributed by atoms with Crippen LogP contribution in [0.3, 0.4) is 0 Å². The number of anilines is 2. The lowest BCUT2D eigenvalue weighted by Crippen LogP contribution is -2.16. The van der Waals surface area contributed by atoms with Gasteiger partial charge in [-0.3, -0.25) is 4.79 Å². The molecule has 2 aromatic carbocycles. The molecule has 0 aliphatic rings. The number of sulfonamides is 1. The molecule has 11 heteroatoms. The number of rotatable bonds is 6. The van der Waals surface area contributed by atoms with Crippen LogP contribution in [0.5, 0.6) is 5.75 Å². The molecule has 0 spiro atoms. The maximum absolute atomic E-state index is 12.5. The summed E-state index contributed by atoms with van der Waals surface area (Å²) in [4.78, 5) is 20.3. The minimum absolute atomic E-state index is 0.0128. The average molecular weight is 467 g/mol. The van der Waals surface area contributed by atoms with Crippen LogP contribution in [0.2, 0.25) is 10.0 Å². The van der Waals surface area contributed by atoms with Crippen LogP contribution < -0.4 is 14.8 Å². The van der Waals surface area contributed by atoms with E-state index in [1.165, 1.54) is 49.7 Å². The number of aryl methyl sites for hydroxylation is 1. The highest BCUT2D eigenvalue weighted by molar-refractivity contribution is 7.92. The van der Waals surface area contributed by atoms with Crippen LogP contribution in [0.4, 0.5) is 11.6 Å². The van der Waals surface area contributed by atoms with Crippen LogP contribution in [-0.4, -0.2) is 31.4 Å². The van der Waals surface area contributed by atoms with Crippen LogP contribution in [0.1, 0.15) is 16.1 Å². The van der Waals surface area contributed by atoms with E-state index in [4.69, 9.17) is 27.9 Å². The van der Waals surface area contributed by atoms with E-state index in [1.807, 2.05) is 0 Å². The van der Waals surface area contributed by atoms with E-state index >= 15 is 0 Å². The van der Waals surface area contributed by atoms with Crippen molar-refractivity contribution in [2.75, 3.05) is 17.1 Å². The Balaban J connectivity index is 1.75. The molecule has 0 aliphatic heterocycles. The Hall–Kier alpha value is -2.88. The van der Waals surface area contributed by atoms with Crippen LogP contribution in [0, 0.1) is 6.92 Å². The molecule has 0 saturated carbocycles. The molecule has 1 amide bonds. The number of amides is 1. The van der Waals surface area contributed by atoms with E-state index in [0.29, 0.717) is 11.4 Å². The second-order valence-electron chi connectivity index (χ2n) is 6.08. The molecule has 156 valence electrons. The van der Waals surface area contributed by atoms with Crippen molar-refractivity contribution in [2.24, 2.45) is 0 Å². The molecule has 30 heavy (non-hydrogen) atoms. The van der Waals surface area contributed by atoms with E-state index in [-0.39, 0.29) is 32.2 Å². The Morgan fingerprint density at radius 1 is 1.07 bits per heavy atom. The monoisotopic (exact) mass is 466 g/mol. The van der Waals surface area contributed by atoms with E-state index in [1.54, 1.807) is 13.0 Å². The first-order chi connectivity index (χ1) is 14.2. The van der Waals surface area contributed by atoms with Crippen molar-refractivity contribution < 1.29 is 17.9 Å². The highest BCUT2D eigenvalue weighted by Crippen LogP contribution is 2.34. The maximum atomic E-state index is 12.5. The summed E-state index contributed by atoms with van der Waals surface area (Å²) in [6, 6.07) is 10.1. The molecule has 0 atom stereocenters. The van der Waals surface area contributed by atoms with Crippen molar-refractivity contribution in [3.63, 3.8) is 0 Å². The van der Waals surface area contributed by atoms with Gasteiger partial charge in [0.15, 0.2) is 5.75 Å². The van der Waals surface area contributed by atoms with Crippen LogP contribution in [-0.2, 0) is 10.0 Å². The fourth-order valence-electron chi connectivity index (χ4n) is 2.48. The van der Waals surface area contributed by atoms with Gasteiger partial charge in [-0.05, 0) is 49.4 Å². The van der Waals surface area contributed by atoms with Gasteiger partial charge >= 0.3 is 0 Å². The Morgan fingerprint density at radius 2 is 1.70 bits per heavy atom. The first kappa shape index (κ1) is 21.8. The number of carbonyl (C=O) groups excluding carboxylic acids is 1. The largest absolute Gasteiger partial charge is 0.494 e. The fourth-order valence-corrected chi connectivity index (χ4v) is 4.08. The molecule has 8 nitrogen and oxygen atoms in total.